The van der Waals surface area contributed by atoms with Crippen molar-refractivity contribution >= 4 is 11.6 Å². The molecule has 19 heavy (non-hydrogen) atoms. The van der Waals surface area contributed by atoms with E-state index in [0.29, 0.717) is 18.7 Å². The summed E-state index contributed by atoms with van der Waals surface area (Å²) >= 11 is 0. The molecule has 1 unspecified atom stereocenters. The van der Waals surface area contributed by atoms with Crippen molar-refractivity contribution in [3.8, 4) is 11.5 Å². The molecule has 1 amide bonds. The normalized spacial score (nSPS) is 18.2. The van der Waals surface area contributed by atoms with Gasteiger partial charge >= 0.3 is 0 Å². The Bertz CT molecular complexity index is 488. The number of carbonyl (C=O) groups is 1. The molecule has 0 saturated heterocycles. The Morgan fingerprint density at radius 1 is 1.37 bits per heavy atom. The summed E-state index contributed by atoms with van der Waals surface area (Å²) in [5.74, 6) is 1.62. The van der Waals surface area contributed by atoms with E-state index in [1.807, 2.05) is 6.07 Å². The molecule has 0 aliphatic carbocycles. The average molecular weight is 264 g/mol. The molecule has 0 fully saturated rings. The number of fused-ring (bicyclic) bond motifs is 1. The van der Waals surface area contributed by atoms with Crippen molar-refractivity contribution in [1.82, 2.24) is 0 Å². The molecule has 0 bridgehead atoms. The van der Waals surface area contributed by atoms with Crippen LogP contribution in [0.5, 0.6) is 11.5 Å². The van der Waals surface area contributed by atoms with Crippen molar-refractivity contribution in [2.45, 2.75) is 18.8 Å². The van der Waals surface area contributed by atoms with Crippen LogP contribution in [0.4, 0.5) is 5.69 Å². The summed E-state index contributed by atoms with van der Waals surface area (Å²) < 4.78 is 10.7. The zero-order valence-electron chi connectivity index (χ0n) is 11.6. The van der Waals surface area contributed by atoms with Gasteiger partial charge in [-0.05, 0) is 30.5 Å². The Morgan fingerprint density at radius 2 is 2.11 bits per heavy atom. The van der Waals surface area contributed by atoms with Crippen molar-refractivity contribution in [3.05, 3.63) is 17.7 Å². The number of methoxy groups -OCH3 is 2. The quantitative estimate of drug-likeness (QED) is 0.895. The van der Waals surface area contributed by atoms with E-state index in [0.717, 1.165) is 23.4 Å². The van der Waals surface area contributed by atoms with Gasteiger partial charge < -0.3 is 20.1 Å². The largest absolute Gasteiger partial charge is 0.497 e. The molecular weight excluding hydrogens is 244 g/mol. The minimum Gasteiger partial charge on any atom is -0.497 e. The number of hydrogen-bond acceptors (Lipinski definition) is 4. The number of ether oxygens (including phenoxy) is 2. The van der Waals surface area contributed by atoms with E-state index in [9.17, 15) is 4.79 Å². The van der Waals surface area contributed by atoms with Crippen molar-refractivity contribution in [3.63, 3.8) is 0 Å². The van der Waals surface area contributed by atoms with Crippen molar-refractivity contribution in [2.75, 3.05) is 32.7 Å². The van der Waals surface area contributed by atoms with E-state index in [-0.39, 0.29) is 11.8 Å². The van der Waals surface area contributed by atoms with Gasteiger partial charge in [0, 0.05) is 19.5 Å². The minimum absolute atomic E-state index is 0.0921. The van der Waals surface area contributed by atoms with Crippen LogP contribution in [-0.2, 0) is 4.79 Å². The molecule has 5 heteroatoms. The molecule has 1 atom stereocenters. The van der Waals surface area contributed by atoms with E-state index in [2.05, 4.69) is 0 Å². The van der Waals surface area contributed by atoms with Crippen molar-refractivity contribution in [1.29, 1.82) is 0 Å². The number of amides is 1. The number of carbonyl (C=O) groups excluding carboxylic acids is 1. The standard InChI is InChI=1S/C14H20N2O3/c1-16-13(17)6-9(4-5-15)11-7-10(18-2)8-12(19-3)14(11)16/h7-9H,4-6,15H2,1-3H3. The molecule has 5 nitrogen and oxygen atoms in total. The predicted molar refractivity (Wildman–Crippen MR) is 74.0 cm³/mol. The second-order valence-corrected chi connectivity index (χ2v) is 4.70. The van der Waals surface area contributed by atoms with Gasteiger partial charge in [-0.2, -0.15) is 0 Å². The van der Waals surface area contributed by atoms with E-state index >= 15 is 0 Å². The summed E-state index contributed by atoms with van der Waals surface area (Å²) in [6.45, 7) is 0.556. The summed E-state index contributed by atoms with van der Waals surface area (Å²) in [6, 6.07) is 3.77. The molecule has 0 spiro atoms. The molecular formula is C14H20N2O3. The molecule has 1 aliphatic heterocycles. The SMILES string of the molecule is COc1cc(OC)c2c(c1)C(CCN)CC(=O)N2C. The van der Waals surface area contributed by atoms with Gasteiger partial charge in [0.1, 0.15) is 11.5 Å². The van der Waals surface area contributed by atoms with Crippen molar-refractivity contribution < 1.29 is 14.3 Å². The molecule has 1 aliphatic rings. The lowest BCUT2D eigenvalue weighted by atomic mass is 9.86. The molecule has 2 N–H and O–H groups in total. The maximum absolute atomic E-state index is 12.1. The van der Waals surface area contributed by atoms with Gasteiger partial charge in [-0.15, -0.1) is 0 Å². The molecule has 1 heterocycles. The highest BCUT2D eigenvalue weighted by atomic mass is 16.5. The Labute approximate surface area is 113 Å². The van der Waals surface area contributed by atoms with Gasteiger partial charge in [0.2, 0.25) is 5.91 Å². The van der Waals surface area contributed by atoms with Crippen molar-refractivity contribution in [2.24, 2.45) is 5.73 Å². The average Bonchev–Trinajstić information content (AvgIpc) is 2.43. The van der Waals surface area contributed by atoms with Gasteiger partial charge in [0.05, 0.1) is 19.9 Å². The van der Waals surface area contributed by atoms with E-state index in [4.69, 9.17) is 15.2 Å². The third kappa shape index (κ3) is 2.38. The fourth-order valence-electron chi connectivity index (χ4n) is 2.59. The van der Waals surface area contributed by atoms with Gasteiger partial charge in [0.25, 0.3) is 0 Å². The van der Waals surface area contributed by atoms with Gasteiger partial charge in [-0.3, -0.25) is 4.79 Å². The molecule has 104 valence electrons. The maximum atomic E-state index is 12.1. The lowest BCUT2D eigenvalue weighted by Gasteiger charge is -2.33. The molecule has 2 rings (SSSR count). The number of anilines is 1. The molecule has 0 saturated carbocycles. The number of nitrogens with zero attached hydrogens (tertiary/aromatic N) is 1. The van der Waals surface area contributed by atoms with Crippen LogP contribution in [0.2, 0.25) is 0 Å². The zero-order chi connectivity index (χ0) is 14.0. The van der Waals surface area contributed by atoms with E-state index in [1.165, 1.54) is 0 Å². The summed E-state index contributed by atoms with van der Waals surface area (Å²) in [4.78, 5) is 13.7. The second-order valence-electron chi connectivity index (χ2n) is 4.70. The Hall–Kier alpha value is -1.75. The van der Waals surface area contributed by atoms with E-state index in [1.54, 1.807) is 32.2 Å². The highest BCUT2D eigenvalue weighted by Gasteiger charge is 2.32. The summed E-state index contributed by atoms with van der Waals surface area (Å²) in [5.41, 5.74) is 7.55. The molecule has 1 aromatic rings. The lowest BCUT2D eigenvalue weighted by Crippen LogP contribution is -2.34. The second kappa shape index (κ2) is 5.48. The van der Waals surface area contributed by atoms with Gasteiger partial charge in [0.15, 0.2) is 0 Å². The monoisotopic (exact) mass is 264 g/mol. The summed E-state index contributed by atoms with van der Waals surface area (Å²) in [7, 11) is 4.99. The zero-order valence-corrected chi connectivity index (χ0v) is 11.6. The Kier molecular flexibility index (Phi) is 3.95. The Morgan fingerprint density at radius 3 is 2.68 bits per heavy atom. The van der Waals surface area contributed by atoms with Crippen LogP contribution >= 0.6 is 0 Å². The number of rotatable bonds is 4. The first-order valence-electron chi connectivity index (χ1n) is 6.34. The highest BCUT2D eigenvalue weighted by Crippen LogP contribution is 2.45. The van der Waals surface area contributed by atoms with Gasteiger partial charge in [-0.25, -0.2) is 0 Å². The van der Waals surface area contributed by atoms with Crippen LogP contribution in [0.25, 0.3) is 0 Å². The highest BCUT2D eigenvalue weighted by molar-refractivity contribution is 5.98. The number of nitrogens with two attached hydrogens (primary N) is 1. The number of benzene rings is 1. The Balaban J connectivity index is 2.58. The lowest BCUT2D eigenvalue weighted by molar-refractivity contribution is -0.119. The van der Waals surface area contributed by atoms with Crippen LogP contribution in [0.1, 0.15) is 24.3 Å². The predicted octanol–water partition coefficient (Wildman–Crippen LogP) is 1.50. The smallest absolute Gasteiger partial charge is 0.227 e. The molecule has 0 radical (unpaired) electrons. The topological polar surface area (TPSA) is 64.8 Å². The van der Waals surface area contributed by atoms with Crippen LogP contribution in [0.15, 0.2) is 12.1 Å². The minimum atomic E-state index is 0.0921. The summed E-state index contributed by atoms with van der Waals surface area (Å²) in [5, 5.41) is 0. The van der Waals surface area contributed by atoms with E-state index < -0.39 is 0 Å². The first-order valence-corrected chi connectivity index (χ1v) is 6.34. The third-order valence-electron chi connectivity index (χ3n) is 3.62. The molecule has 1 aromatic carbocycles. The summed E-state index contributed by atoms with van der Waals surface area (Å²) in [6.07, 6.45) is 1.26. The first-order chi connectivity index (χ1) is 9.12. The van der Waals surface area contributed by atoms with Crippen LogP contribution in [0.3, 0.4) is 0 Å². The third-order valence-corrected chi connectivity index (χ3v) is 3.62. The maximum Gasteiger partial charge on any atom is 0.227 e. The van der Waals surface area contributed by atoms with Crippen LogP contribution in [0, 0.1) is 0 Å². The van der Waals surface area contributed by atoms with Crippen LogP contribution in [-0.4, -0.2) is 33.7 Å². The van der Waals surface area contributed by atoms with Crippen LogP contribution < -0.4 is 20.1 Å². The molecule has 0 aromatic heterocycles. The van der Waals surface area contributed by atoms with Gasteiger partial charge in [-0.1, -0.05) is 0 Å². The fraction of sp³-hybridized carbons (Fsp3) is 0.500. The first kappa shape index (κ1) is 13.7. The number of hydrogen-bond donors (Lipinski definition) is 1. The fourth-order valence-corrected chi connectivity index (χ4v) is 2.59.